The van der Waals surface area contributed by atoms with Crippen LogP contribution >= 0.6 is 0 Å². The predicted molar refractivity (Wildman–Crippen MR) is 125 cm³/mol. The highest BCUT2D eigenvalue weighted by atomic mass is 19.2. The molecule has 0 unspecified atom stereocenters. The predicted octanol–water partition coefficient (Wildman–Crippen LogP) is 2.84. The van der Waals surface area contributed by atoms with Crippen LogP contribution in [0.3, 0.4) is 0 Å². The van der Waals surface area contributed by atoms with E-state index >= 15 is 0 Å². The molecule has 1 saturated heterocycles. The van der Waals surface area contributed by atoms with Gasteiger partial charge in [0.25, 0.3) is 5.91 Å². The Bertz CT molecular complexity index is 1510. The molecule has 0 bridgehead atoms. The van der Waals surface area contributed by atoms with Gasteiger partial charge in [-0.1, -0.05) is 0 Å². The highest BCUT2D eigenvalue weighted by molar-refractivity contribution is 6.06. The SMILES string of the molecule is O=C(c1cc(N2CCC(n3c(=O)[nH]c4ncccc43)CC2)ncn1)N1CCc2c1ccc(F)c2F. The van der Waals surface area contributed by atoms with Gasteiger partial charge in [0.1, 0.15) is 17.8 Å². The van der Waals surface area contributed by atoms with Crippen LogP contribution in [0.15, 0.2) is 47.7 Å². The number of anilines is 2. The minimum absolute atomic E-state index is 0.0241. The molecule has 1 N–H and O–H groups in total. The molecule has 11 heteroatoms. The number of aromatic nitrogens is 5. The van der Waals surface area contributed by atoms with Crippen molar-refractivity contribution in [2.75, 3.05) is 29.4 Å². The van der Waals surface area contributed by atoms with E-state index in [0.717, 1.165) is 24.4 Å². The molecule has 3 aromatic heterocycles. The number of hydrogen-bond acceptors (Lipinski definition) is 6. The lowest BCUT2D eigenvalue weighted by molar-refractivity contribution is 0.0984. The zero-order chi connectivity index (χ0) is 24.1. The maximum Gasteiger partial charge on any atom is 0.327 e. The number of aromatic amines is 1. The van der Waals surface area contributed by atoms with Crippen LogP contribution in [-0.2, 0) is 6.42 Å². The number of pyridine rings is 1. The molecule has 2 aliphatic rings. The van der Waals surface area contributed by atoms with E-state index in [-0.39, 0.29) is 41.9 Å². The summed E-state index contributed by atoms with van der Waals surface area (Å²) in [7, 11) is 0. The van der Waals surface area contributed by atoms with Crippen molar-refractivity contribution in [3.63, 3.8) is 0 Å². The Balaban J connectivity index is 1.20. The zero-order valence-corrected chi connectivity index (χ0v) is 18.6. The summed E-state index contributed by atoms with van der Waals surface area (Å²) in [6.07, 6.45) is 4.68. The van der Waals surface area contributed by atoms with E-state index in [2.05, 4.69) is 24.8 Å². The Labute approximate surface area is 198 Å². The molecule has 6 rings (SSSR count). The molecule has 0 spiro atoms. The largest absolute Gasteiger partial charge is 0.356 e. The molecule has 0 saturated carbocycles. The number of benzene rings is 1. The molecule has 2 aliphatic heterocycles. The lowest BCUT2D eigenvalue weighted by Crippen LogP contribution is -2.37. The molecular formula is C24H21F2N7O2. The molecule has 0 radical (unpaired) electrons. The number of rotatable bonds is 3. The van der Waals surface area contributed by atoms with Crippen molar-refractivity contribution in [2.45, 2.75) is 25.3 Å². The summed E-state index contributed by atoms with van der Waals surface area (Å²) in [6, 6.07) is 7.80. The molecular weight excluding hydrogens is 456 g/mol. The monoisotopic (exact) mass is 477 g/mol. The van der Waals surface area contributed by atoms with Crippen LogP contribution in [0.25, 0.3) is 11.2 Å². The summed E-state index contributed by atoms with van der Waals surface area (Å²) in [4.78, 5) is 44.7. The lowest BCUT2D eigenvalue weighted by Gasteiger charge is -2.33. The second kappa shape index (κ2) is 8.26. The van der Waals surface area contributed by atoms with Crippen LogP contribution in [0.1, 0.15) is 34.9 Å². The summed E-state index contributed by atoms with van der Waals surface area (Å²) < 4.78 is 29.5. The van der Waals surface area contributed by atoms with Gasteiger partial charge in [0.2, 0.25) is 0 Å². The van der Waals surface area contributed by atoms with Crippen LogP contribution < -0.4 is 15.5 Å². The number of carbonyl (C=O) groups is 1. The highest BCUT2D eigenvalue weighted by Crippen LogP contribution is 2.33. The van der Waals surface area contributed by atoms with Crippen LogP contribution in [0, 0.1) is 11.6 Å². The van der Waals surface area contributed by atoms with Crippen LogP contribution in [0.5, 0.6) is 0 Å². The molecule has 0 aliphatic carbocycles. The Morgan fingerprint density at radius 3 is 2.71 bits per heavy atom. The van der Waals surface area contributed by atoms with Crippen LogP contribution in [0.2, 0.25) is 0 Å². The first-order chi connectivity index (χ1) is 17.0. The summed E-state index contributed by atoms with van der Waals surface area (Å²) in [5, 5.41) is 0. The van der Waals surface area contributed by atoms with E-state index in [4.69, 9.17) is 0 Å². The molecule has 0 atom stereocenters. The van der Waals surface area contributed by atoms with Crippen molar-refractivity contribution < 1.29 is 13.6 Å². The van der Waals surface area contributed by atoms with Gasteiger partial charge in [0.15, 0.2) is 17.3 Å². The van der Waals surface area contributed by atoms with Gasteiger partial charge >= 0.3 is 5.69 Å². The summed E-state index contributed by atoms with van der Waals surface area (Å²) in [6.45, 7) is 1.55. The summed E-state index contributed by atoms with van der Waals surface area (Å²) in [5.74, 6) is -1.60. The fraction of sp³-hybridized carbons (Fsp3) is 0.292. The number of imidazole rings is 1. The maximum absolute atomic E-state index is 14.1. The van der Waals surface area contributed by atoms with E-state index in [1.54, 1.807) is 16.8 Å². The molecule has 35 heavy (non-hydrogen) atoms. The molecule has 9 nitrogen and oxygen atoms in total. The van der Waals surface area contributed by atoms with Gasteiger partial charge < -0.3 is 9.80 Å². The van der Waals surface area contributed by atoms with Crippen molar-refractivity contribution in [1.29, 1.82) is 0 Å². The quantitative estimate of drug-likeness (QED) is 0.487. The first-order valence-corrected chi connectivity index (χ1v) is 11.4. The first-order valence-electron chi connectivity index (χ1n) is 11.4. The average Bonchev–Trinajstić information content (AvgIpc) is 3.47. The fourth-order valence-corrected chi connectivity index (χ4v) is 5.08. The van der Waals surface area contributed by atoms with Crippen molar-refractivity contribution >= 4 is 28.6 Å². The van der Waals surface area contributed by atoms with Crippen molar-refractivity contribution in [1.82, 2.24) is 24.5 Å². The summed E-state index contributed by atoms with van der Waals surface area (Å²) in [5.41, 5.74) is 1.95. The van der Waals surface area contributed by atoms with E-state index in [1.165, 1.54) is 17.3 Å². The number of carbonyl (C=O) groups excluding carboxylic acids is 1. The Hall–Kier alpha value is -4.15. The van der Waals surface area contributed by atoms with Crippen LogP contribution in [0.4, 0.5) is 20.3 Å². The molecule has 1 amide bonds. The van der Waals surface area contributed by atoms with Gasteiger partial charge in [-0.15, -0.1) is 0 Å². The third-order valence-corrected chi connectivity index (χ3v) is 6.81. The highest BCUT2D eigenvalue weighted by Gasteiger charge is 2.31. The number of amides is 1. The number of piperidine rings is 1. The number of nitrogens with one attached hydrogen (secondary N) is 1. The standard InChI is InChI=1S/C24H21F2N7O2/c25-16-3-4-18-15(21(16)26)7-11-32(18)23(34)17-12-20(29-13-28-17)31-9-5-14(6-10-31)33-19-2-1-8-27-22(19)30-24(33)35/h1-4,8,12-14H,5-7,9-11H2,(H,27,30,35). The minimum Gasteiger partial charge on any atom is -0.356 e. The third kappa shape index (κ3) is 3.54. The number of halogens is 2. The minimum atomic E-state index is -0.920. The molecule has 1 aromatic carbocycles. The zero-order valence-electron chi connectivity index (χ0n) is 18.6. The van der Waals surface area contributed by atoms with Crippen molar-refractivity contribution in [2.24, 2.45) is 0 Å². The van der Waals surface area contributed by atoms with E-state index in [0.29, 0.717) is 30.2 Å². The van der Waals surface area contributed by atoms with Gasteiger partial charge in [0.05, 0.1) is 11.2 Å². The Morgan fingerprint density at radius 2 is 1.89 bits per heavy atom. The second-order valence-electron chi connectivity index (χ2n) is 8.72. The molecule has 178 valence electrons. The van der Waals surface area contributed by atoms with Gasteiger partial charge in [0, 0.05) is 43.5 Å². The van der Waals surface area contributed by atoms with Crippen molar-refractivity contribution in [3.8, 4) is 0 Å². The van der Waals surface area contributed by atoms with Gasteiger partial charge in [-0.3, -0.25) is 14.3 Å². The number of H-pyrrole nitrogens is 1. The molecule has 5 heterocycles. The van der Waals surface area contributed by atoms with Crippen molar-refractivity contribution in [3.05, 3.63) is 76.2 Å². The molecule has 1 fully saturated rings. The lowest BCUT2D eigenvalue weighted by atomic mass is 10.0. The smallest absolute Gasteiger partial charge is 0.327 e. The fourth-order valence-electron chi connectivity index (χ4n) is 5.08. The Kier molecular flexibility index (Phi) is 5.05. The van der Waals surface area contributed by atoms with Gasteiger partial charge in [-0.2, -0.15) is 0 Å². The summed E-state index contributed by atoms with van der Waals surface area (Å²) >= 11 is 0. The Morgan fingerprint density at radius 1 is 1.06 bits per heavy atom. The van der Waals surface area contributed by atoms with E-state index < -0.39 is 11.6 Å². The normalized spacial score (nSPS) is 16.2. The number of hydrogen-bond donors (Lipinski definition) is 1. The van der Waals surface area contributed by atoms with Gasteiger partial charge in [-0.05, 0) is 43.5 Å². The topological polar surface area (TPSA) is 100 Å². The third-order valence-electron chi connectivity index (χ3n) is 6.81. The van der Waals surface area contributed by atoms with E-state index in [1.807, 2.05) is 12.1 Å². The average molecular weight is 477 g/mol. The van der Waals surface area contributed by atoms with Crippen LogP contribution in [-0.4, -0.2) is 50.0 Å². The second-order valence-corrected chi connectivity index (χ2v) is 8.72. The van der Waals surface area contributed by atoms with E-state index in [9.17, 15) is 18.4 Å². The first kappa shape index (κ1) is 21.4. The maximum atomic E-state index is 14.1. The number of nitrogens with zero attached hydrogens (tertiary/aromatic N) is 6. The molecule has 4 aromatic rings. The van der Waals surface area contributed by atoms with Gasteiger partial charge in [-0.25, -0.2) is 28.5 Å². The number of fused-ring (bicyclic) bond motifs is 2.